The molecule has 1 aromatic heterocycles. The van der Waals surface area contributed by atoms with E-state index in [4.69, 9.17) is 40.1 Å². The molecule has 2 rings (SSSR count). The van der Waals surface area contributed by atoms with Crippen molar-refractivity contribution < 1.29 is 4.79 Å². The maximum absolute atomic E-state index is 12.1. The normalized spacial score (nSPS) is 9.90. The lowest BCUT2D eigenvalue weighted by molar-refractivity contribution is 0.102. The molecule has 0 aliphatic carbocycles. The molecule has 100 valence electrons. The van der Waals surface area contributed by atoms with Crippen molar-refractivity contribution in [3.8, 4) is 6.07 Å². The average Bonchev–Trinajstić information content (AvgIpc) is 2.42. The van der Waals surface area contributed by atoms with Crippen LogP contribution in [0.15, 0.2) is 30.5 Å². The number of benzene rings is 1. The predicted octanol–water partition coefficient (Wildman–Crippen LogP) is 4.17. The van der Waals surface area contributed by atoms with E-state index in [0.717, 1.165) is 0 Å². The zero-order valence-electron chi connectivity index (χ0n) is 9.82. The lowest BCUT2D eigenvalue weighted by atomic mass is 10.2. The summed E-state index contributed by atoms with van der Waals surface area (Å²) in [6, 6.07) is 7.64. The number of hydrogen-bond acceptors (Lipinski definition) is 3. The summed E-state index contributed by atoms with van der Waals surface area (Å²) in [7, 11) is 0. The highest BCUT2D eigenvalue weighted by Gasteiger charge is 2.13. The number of aromatic nitrogens is 1. The smallest absolute Gasteiger partial charge is 0.255 e. The first kappa shape index (κ1) is 14.6. The van der Waals surface area contributed by atoms with Crippen molar-refractivity contribution in [3.63, 3.8) is 0 Å². The van der Waals surface area contributed by atoms with Gasteiger partial charge < -0.3 is 5.32 Å². The maximum atomic E-state index is 12.1. The summed E-state index contributed by atoms with van der Waals surface area (Å²) in [5.41, 5.74) is 0.683. The maximum Gasteiger partial charge on any atom is 0.255 e. The molecule has 1 heterocycles. The summed E-state index contributed by atoms with van der Waals surface area (Å²) < 4.78 is 0. The van der Waals surface area contributed by atoms with Gasteiger partial charge >= 0.3 is 0 Å². The first-order valence-corrected chi connectivity index (χ1v) is 6.46. The monoisotopic (exact) mass is 325 g/mol. The molecule has 7 heteroatoms. The Kier molecular flexibility index (Phi) is 4.46. The van der Waals surface area contributed by atoms with Crippen molar-refractivity contribution in [2.45, 2.75) is 0 Å². The molecule has 0 fully saturated rings. The van der Waals surface area contributed by atoms with Crippen LogP contribution in [0.4, 0.5) is 5.69 Å². The molecule has 0 radical (unpaired) electrons. The van der Waals surface area contributed by atoms with Crippen LogP contribution in [0.25, 0.3) is 0 Å². The number of rotatable bonds is 2. The van der Waals surface area contributed by atoms with E-state index in [1.165, 1.54) is 30.5 Å². The molecule has 4 nitrogen and oxygen atoms in total. The molecule has 20 heavy (non-hydrogen) atoms. The highest BCUT2D eigenvalue weighted by Crippen LogP contribution is 2.33. The third-order valence-electron chi connectivity index (χ3n) is 2.38. The molecule has 0 spiro atoms. The van der Waals surface area contributed by atoms with E-state index in [-0.39, 0.29) is 27.0 Å². The Hall–Kier alpha value is -1.80. The molecule has 1 N–H and O–H groups in total. The van der Waals surface area contributed by atoms with Crippen molar-refractivity contribution in [1.82, 2.24) is 4.98 Å². The summed E-state index contributed by atoms with van der Waals surface area (Å²) in [5.74, 6) is -0.449. The van der Waals surface area contributed by atoms with Crippen molar-refractivity contribution in [1.29, 1.82) is 5.26 Å². The Labute approximate surface area is 129 Å². The highest BCUT2D eigenvalue weighted by molar-refractivity contribution is 6.42. The van der Waals surface area contributed by atoms with Crippen molar-refractivity contribution in [2.75, 3.05) is 5.32 Å². The molecule has 0 bridgehead atoms. The van der Waals surface area contributed by atoms with Crippen LogP contribution < -0.4 is 5.32 Å². The highest BCUT2D eigenvalue weighted by atomic mass is 35.5. The van der Waals surface area contributed by atoms with Crippen LogP contribution in [-0.4, -0.2) is 10.9 Å². The average molecular weight is 327 g/mol. The van der Waals surface area contributed by atoms with Gasteiger partial charge in [0.1, 0.15) is 11.8 Å². The summed E-state index contributed by atoms with van der Waals surface area (Å²) in [6.45, 7) is 0. The van der Waals surface area contributed by atoms with E-state index >= 15 is 0 Å². The Morgan fingerprint density at radius 1 is 1.20 bits per heavy atom. The standard InChI is InChI=1S/C13H6Cl3N3O/c14-8-4-10(15)12(11(16)5-8)19-13(20)7-1-2-18-9(3-7)6-17/h1-5H,(H,19,20). The number of carbonyl (C=O) groups excluding carboxylic acids is 1. The summed E-state index contributed by atoms with van der Waals surface area (Å²) >= 11 is 17.7. The molecule has 0 aliphatic heterocycles. The summed E-state index contributed by atoms with van der Waals surface area (Å²) in [5, 5.41) is 12.1. The van der Waals surface area contributed by atoms with Crippen molar-refractivity contribution >= 4 is 46.4 Å². The van der Waals surface area contributed by atoms with Crippen LogP contribution in [0.2, 0.25) is 15.1 Å². The van der Waals surface area contributed by atoms with E-state index in [1.807, 2.05) is 6.07 Å². The molecular formula is C13H6Cl3N3O. The number of nitrogens with zero attached hydrogens (tertiary/aromatic N) is 2. The fraction of sp³-hybridized carbons (Fsp3) is 0. The quantitative estimate of drug-likeness (QED) is 0.901. The predicted molar refractivity (Wildman–Crippen MR) is 78.4 cm³/mol. The van der Waals surface area contributed by atoms with Crippen LogP contribution in [0.1, 0.15) is 16.1 Å². The molecule has 0 atom stereocenters. The molecule has 0 saturated carbocycles. The zero-order chi connectivity index (χ0) is 14.7. The summed E-state index contributed by atoms with van der Waals surface area (Å²) in [4.78, 5) is 15.9. The SMILES string of the molecule is N#Cc1cc(C(=O)Nc2c(Cl)cc(Cl)cc2Cl)ccn1. The summed E-state index contributed by atoms with van der Waals surface area (Å²) in [6.07, 6.45) is 1.37. The first-order valence-electron chi connectivity index (χ1n) is 5.33. The van der Waals surface area contributed by atoms with Crippen molar-refractivity contribution in [2.24, 2.45) is 0 Å². The fourth-order valence-electron chi connectivity index (χ4n) is 1.48. The minimum Gasteiger partial charge on any atom is -0.319 e. The molecule has 0 saturated heterocycles. The topological polar surface area (TPSA) is 65.8 Å². The third-order valence-corrected chi connectivity index (χ3v) is 3.20. The van der Waals surface area contributed by atoms with E-state index < -0.39 is 5.91 Å². The number of hydrogen-bond donors (Lipinski definition) is 1. The van der Waals surface area contributed by atoms with Gasteiger partial charge in [-0.25, -0.2) is 4.98 Å². The molecule has 1 amide bonds. The zero-order valence-corrected chi connectivity index (χ0v) is 12.1. The number of halogens is 3. The van der Waals surface area contributed by atoms with Gasteiger partial charge in [-0.1, -0.05) is 34.8 Å². The second kappa shape index (κ2) is 6.10. The molecular weight excluding hydrogens is 321 g/mol. The Bertz CT molecular complexity index is 702. The van der Waals surface area contributed by atoms with Crippen LogP contribution in [0, 0.1) is 11.3 Å². The Morgan fingerprint density at radius 3 is 2.45 bits per heavy atom. The van der Waals surface area contributed by atoms with Gasteiger partial charge in [0.05, 0.1) is 15.7 Å². The first-order chi connectivity index (χ1) is 9.51. The van der Waals surface area contributed by atoms with Gasteiger partial charge in [-0.05, 0) is 24.3 Å². The van der Waals surface area contributed by atoms with E-state index in [2.05, 4.69) is 10.3 Å². The fourth-order valence-corrected chi connectivity index (χ4v) is 2.39. The van der Waals surface area contributed by atoms with Gasteiger partial charge in [-0.3, -0.25) is 4.79 Å². The minimum atomic E-state index is -0.449. The van der Waals surface area contributed by atoms with Gasteiger partial charge in [0, 0.05) is 16.8 Å². The van der Waals surface area contributed by atoms with E-state index in [9.17, 15) is 4.79 Å². The molecule has 0 unspecified atom stereocenters. The van der Waals surface area contributed by atoms with Crippen LogP contribution in [0.3, 0.4) is 0 Å². The van der Waals surface area contributed by atoms with Crippen LogP contribution in [0.5, 0.6) is 0 Å². The Balaban J connectivity index is 2.31. The second-order valence-electron chi connectivity index (χ2n) is 3.74. The molecule has 2 aromatic rings. The second-order valence-corrected chi connectivity index (χ2v) is 4.99. The molecule has 1 aromatic carbocycles. The Morgan fingerprint density at radius 2 is 1.85 bits per heavy atom. The minimum absolute atomic E-state index is 0.144. The number of carbonyl (C=O) groups is 1. The third kappa shape index (κ3) is 3.20. The van der Waals surface area contributed by atoms with Crippen molar-refractivity contribution in [3.05, 3.63) is 56.8 Å². The van der Waals surface area contributed by atoms with E-state index in [0.29, 0.717) is 5.02 Å². The van der Waals surface area contributed by atoms with Gasteiger partial charge in [0.15, 0.2) is 0 Å². The molecule has 0 aliphatic rings. The van der Waals surface area contributed by atoms with Gasteiger partial charge in [0.2, 0.25) is 0 Å². The number of pyridine rings is 1. The lowest BCUT2D eigenvalue weighted by Crippen LogP contribution is -2.13. The largest absolute Gasteiger partial charge is 0.319 e. The number of nitriles is 1. The van der Waals surface area contributed by atoms with Gasteiger partial charge in [-0.15, -0.1) is 0 Å². The lowest BCUT2D eigenvalue weighted by Gasteiger charge is -2.09. The van der Waals surface area contributed by atoms with Crippen LogP contribution >= 0.6 is 34.8 Å². The number of anilines is 1. The van der Waals surface area contributed by atoms with Crippen LogP contribution in [-0.2, 0) is 0 Å². The number of nitrogens with one attached hydrogen (secondary N) is 1. The number of amides is 1. The van der Waals surface area contributed by atoms with E-state index in [1.54, 1.807) is 0 Å². The van der Waals surface area contributed by atoms with Gasteiger partial charge in [0.25, 0.3) is 5.91 Å². The van der Waals surface area contributed by atoms with Gasteiger partial charge in [-0.2, -0.15) is 5.26 Å².